The molecule has 0 radical (unpaired) electrons. The summed E-state index contributed by atoms with van der Waals surface area (Å²) in [4.78, 5) is 19.6. The molecule has 3 aromatic rings. The van der Waals surface area contributed by atoms with Crippen LogP contribution in [0.2, 0.25) is 0 Å². The van der Waals surface area contributed by atoms with Gasteiger partial charge in [-0.1, -0.05) is 42.8 Å². The molecule has 4 nitrogen and oxygen atoms in total. The SMILES string of the molecule is CC[C@@H](C)N(Cc1csc(COc2ccccc2)n1)C(=O)c1ccc(C)cc1. The first kappa shape index (κ1) is 20.1. The summed E-state index contributed by atoms with van der Waals surface area (Å²) < 4.78 is 5.77. The summed E-state index contributed by atoms with van der Waals surface area (Å²) in [6.07, 6.45) is 0.895. The maximum Gasteiger partial charge on any atom is 0.254 e. The Labute approximate surface area is 170 Å². The number of aryl methyl sites for hydroxylation is 1. The van der Waals surface area contributed by atoms with E-state index in [1.807, 2.05) is 71.8 Å². The molecule has 1 heterocycles. The van der Waals surface area contributed by atoms with Crippen LogP contribution in [0.3, 0.4) is 0 Å². The van der Waals surface area contributed by atoms with Crippen LogP contribution in [0.4, 0.5) is 0 Å². The van der Waals surface area contributed by atoms with E-state index in [4.69, 9.17) is 4.74 Å². The molecule has 1 atom stereocenters. The number of ether oxygens (including phenoxy) is 1. The molecular weight excluding hydrogens is 368 g/mol. The zero-order valence-electron chi connectivity index (χ0n) is 16.6. The topological polar surface area (TPSA) is 42.4 Å². The lowest BCUT2D eigenvalue weighted by molar-refractivity contribution is 0.0669. The fourth-order valence-corrected chi connectivity index (χ4v) is 3.53. The minimum Gasteiger partial charge on any atom is -0.486 e. The summed E-state index contributed by atoms with van der Waals surface area (Å²) in [6.45, 7) is 7.14. The Balaban J connectivity index is 1.68. The quantitative estimate of drug-likeness (QED) is 0.509. The van der Waals surface area contributed by atoms with Crippen molar-refractivity contribution in [3.8, 4) is 5.75 Å². The largest absolute Gasteiger partial charge is 0.486 e. The molecule has 0 spiro atoms. The summed E-state index contributed by atoms with van der Waals surface area (Å²) >= 11 is 1.57. The number of rotatable bonds is 8. The molecule has 0 fully saturated rings. The van der Waals surface area contributed by atoms with Crippen LogP contribution in [-0.2, 0) is 13.2 Å². The van der Waals surface area contributed by atoms with Gasteiger partial charge in [-0.25, -0.2) is 4.98 Å². The molecule has 3 rings (SSSR count). The highest BCUT2D eigenvalue weighted by Crippen LogP contribution is 2.19. The number of para-hydroxylation sites is 1. The van der Waals surface area contributed by atoms with Crippen LogP contribution < -0.4 is 4.74 Å². The van der Waals surface area contributed by atoms with Gasteiger partial charge in [0.25, 0.3) is 5.91 Å². The predicted molar refractivity (Wildman–Crippen MR) is 114 cm³/mol. The van der Waals surface area contributed by atoms with E-state index in [1.165, 1.54) is 0 Å². The van der Waals surface area contributed by atoms with Crippen molar-refractivity contribution in [3.63, 3.8) is 0 Å². The summed E-state index contributed by atoms with van der Waals surface area (Å²) in [5, 5.41) is 2.92. The van der Waals surface area contributed by atoms with Crippen molar-refractivity contribution in [3.05, 3.63) is 81.8 Å². The summed E-state index contributed by atoms with van der Waals surface area (Å²) in [7, 11) is 0. The van der Waals surface area contributed by atoms with E-state index in [0.29, 0.717) is 18.7 Å². The molecule has 28 heavy (non-hydrogen) atoms. The van der Waals surface area contributed by atoms with Gasteiger partial charge in [-0.3, -0.25) is 4.79 Å². The molecule has 0 saturated heterocycles. The third-order valence-electron chi connectivity index (χ3n) is 4.72. The van der Waals surface area contributed by atoms with E-state index in [9.17, 15) is 4.79 Å². The number of benzene rings is 2. The molecule has 1 amide bonds. The Morgan fingerprint density at radius 1 is 1.14 bits per heavy atom. The van der Waals surface area contributed by atoms with Gasteiger partial charge in [0.15, 0.2) is 0 Å². The molecule has 0 N–H and O–H groups in total. The lowest BCUT2D eigenvalue weighted by Gasteiger charge is -2.28. The number of amides is 1. The number of hydrogen-bond acceptors (Lipinski definition) is 4. The third kappa shape index (κ3) is 5.20. The van der Waals surface area contributed by atoms with Gasteiger partial charge >= 0.3 is 0 Å². The molecule has 5 heteroatoms. The second-order valence-corrected chi connectivity index (χ2v) is 7.83. The van der Waals surface area contributed by atoms with Gasteiger partial charge in [0.2, 0.25) is 0 Å². The van der Waals surface area contributed by atoms with Gasteiger partial charge in [0, 0.05) is 17.0 Å². The fourth-order valence-electron chi connectivity index (χ4n) is 2.83. The second-order valence-electron chi connectivity index (χ2n) is 6.89. The average molecular weight is 395 g/mol. The minimum absolute atomic E-state index is 0.0458. The van der Waals surface area contributed by atoms with Crippen molar-refractivity contribution in [2.45, 2.75) is 46.4 Å². The molecule has 2 aromatic carbocycles. The van der Waals surface area contributed by atoms with Gasteiger partial charge in [-0.05, 0) is 44.5 Å². The highest BCUT2D eigenvalue weighted by atomic mass is 32.1. The number of aromatic nitrogens is 1. The van der Waals surface area contributed by atoms with E-state index in [1.54, 1.807) is 11.3 Å². The Morgan fingerprint density at radius 2 is 1.86 bits per heavy atom. The van der Waals surface area contributed by atoms with Gasteiger partial charge in [-0.15, -0.1) is 11.3 Å². The molecule has 0 aliphatic rings. The molecule has 1 aromatic heterocycles. The zero-order valence-corrected chi connectivity index (χ0v) is 17.4. The molecule has 0 unspecified atom stereocenters. The molecule has 0 aliphatic carbocycles. The first-order chi connectivity index (χ1) is 13.6. The molecule has 146 valence electrons. The van der Waals surface area contributed by atoms with Gasteiger partial charge in [-0.2, -0.15) is 0 Å². The lowest BCUT2D eigenvalue weighted by atomic mass is 10.1. The molecule has 0 aliphatic heterocycles. The minimum atomic E-state index is 0.0458. The van der Waals surface area contributed by atoms with Crippen LogP contribution >= 0.6 is 11.3 Å². The van der Waals surface area contributed by atoms with Crippen LogP contribution in [0.15, 0.2) is 60.0 Å². The highest BCUT2D eigenvalue weighted by Gasteiger charge is 2.22. The van der Waals surface area contributed by atoms with Crippen LogP contribution in [0.1, 0.15) is 46.9 Å². The lowest BCUT2D eigenvalue weighted by Crippen LogP contribution is -2.37. The molecule has 0 bridgehead atoms. The fraction of sp³-hybridized carbons (Fsp3) is 0.304. The van der Waals surface area contributed by atoms with Gasteiger partial charge < -0.3 is 9.64 Å². The van der Waals surface area contributed by atoms with Crippen LogP contribution in [-0.4, -0.2) is 21.8 Å². The van der Waals surface area contributed by atoms with E-state index in [-0.39, 0.29) is 11.9 Å². The smallest absolute Gasteiger partial charge is 0.254 e. The average Bonchev–Trinajstić information content (AvgIpc) is 3.18. The number of carbonyl (C=O) groups excluding carboxylic acids is 1. The monoisotopic (exact) mass is 394 g/mol. The van der Waals surface area contributed by atoms with Crippen molar-refractivity contribution in [2.24, 2.45) is 0 Å². The number of hydrogen-bond donors (Lipinski definition) is 0. The molecule has 0 saturated carbocycles. The van der Waals surface area contributed by atoms with Crippen LogP contribution in [0, 0.1) is 6.92 Å². The summed E-state index contributed by atoms with van der Waals surface area (Å²) in [5.41, 5.74) is 2.76. The number of carbonyl (C=O) groups is 1. The van der Waals surface area contributed by atoms with Crippen LogP contribution in [0.5, 0.6) is 5.75 Å². The van der Waals surface area contributed by atoms with E-state index < -0.39 is 0 Å². The number of nitrogens with zero attached hydrogens (tertiary/aromatic N) is 2. The summed E-state index contributed by atoms with van der Waals surface area (Å²) in [5.74, 6) is 0.875. The van der Waals surface area contributed by atoms with E-state index >= 15 is 0 Å². The van der Waals surface area contributed by atoms with Crippen molar-refractivity contribution >= 4 is 17.2 Å². The third-order valence-corrected chi connectivity index (χ3v) is 5.59. The highest BCUT2D eigenvalue weighted by molar-refractivity contribution is 7.09. The van der Waals surface area contributed by atoms with Crippen molar-refractivity contribution in [1.82, 2.24) is 9.88 Å². The van der Waals surface area contributed by atoms with E-state index in [2.05, 4.69) is 18.8 Å². The van der Waals surface area contributed by atoms with Crippen molar-refractivity contribution < 1.29 is 9.53 Å². The van der Waals surface area contributed by atoms with Crippen LogP contribution in [0.25, 0.3) is 0 Å². The predicted octanol–water partition coefficient (Wildman–Crippen LogP) is 5.47. The zero-order chi connectivity index (χ0) is 19.9. The van der Waals surface area contributed by atoms with Crippen molar-refractivity contribution in [2.75, 3.05) is 0 Å². The Hall–Kier alpha value is -2.66. The molecular formula is C23H26N2O2S. The Kier molecular flexibility index (Phi) is 6.82. The van der Waals surface area contributed by atoms with Crippen molar-refractivity contribution in [1.29, 1.82) is 0 Å². The Morgan fingerprint density at radius 3 is 2.54 bits per heavy atom. The number of thiazole rings is 1. The first-order valence-corrected chi connectivity index (χ1v) is 10.4. The van der Waals surface area contributed by atoms with E-state index in [0.717, 1.165) is 28.4 Å². The normalized spacial score (nSPS) is 11.8. The van der Waals surface area contributed by atoms with Gasteiger partial charge in [0.1, 0.15) is 17.4 Å². The maximum absolute atomic E-state index is 13.1. The van der Waals surface area contributed by atoms with Gasteiger partial charge in [0.05, 0.1) is 12.2 Å². The standard InChI is InChI=1S/C23H26N2O2S/c1-4-18(3)25(23(26)19-12-10-17(2)11-13-19)14-20-16-28-22(24-20)15-27-21-8-6-5-7-9-21/h5-13,16,18H,4,14-15H2,1-3H3/t18-/m1/s1. The first-order valence-electron chi connectivity index (χ1n) is 9.55. The second kappa shape index (κ2) is 9.51. The summed E-state index contributed by atoms with van der Waals surface area (Å²) in [6, 6.07) is 17.6. The Bertz CT molecular complexity index is 890. The maximum atomic E-state index is 13.1.